The predicted molar refractivity (Wildman–Crippen MR) is 133 cm³/mol. The fourth-order valence-corrected chi connectivity index (χ4v) is 5.08. The first-order valence-corrected chi connectivity index (χ1v) is 11.6. The summed E-state index contributed by atoms with van der Waals surface area (Å²) in [4.78, 5) is 4.77. The maximum atomic E-state index is 6.84. The summed E-state index contributed by atoms with van der Waals surface area (Å²) in [7, 11) is 2.10. The van der Waals surface area contributed by atoms with Gasteiger partial charge >= 0.3 is 0 Å². The Morgan fingerprint density at radius 1 is 1.03 bits per heavy atom. The molecule has 3 heteroatoms. The average molecular weight is 426 g/mol. The summed E-state index contributed by atoms with van der Waals surface area (Å²) in [6, 6.07) is 11.3. The van der Waals surface area contributed by atoms with Crippen LogP contribution in [0.25, 0.3) is 32.9 Å². The van der Waals surface area contributed by atoms with E-state index in [0.717, 1.165) is 28.8 Å². The zero-order valence-electron chi connectivity index (χ0n) is 20.6. The Morgan fingerprint density at radius 2 is 1.78 bits per heavy atom. The molecule has 0 radical (unpaired) electrons. The van der Waals surface area contributed by atoms with E-state index in [-0.39, 0.29) is 5.41 Å². The van der Waals surface area contributed by atoms with Gasteiger partial charge in [-0.25, -0.2) is 4.57 Å². The highest BCUT2D eigenvalue weighted by atomic mass is 16.5. The second-order valence-corrected chi connectivity index (χ2v) is 11.0. The largest absolute Gasteiger partial charge is 0.455 e. The second kappa shape index (κ2) is 7.03. The third kappa shape index (κ3) is 3.18. The van der Waals surface area contributed by atoms with E-state index >= 15 is 0 Å². The molecule has 0 amide bonds. The highest BCUT2D eigenvalue weighted by Gasteiger charge is 2.33. The van der Waals surface area contributed by atoms with Crippen molar-refractivity contribution in [3.63, 3.8) is 0 Å². The SMILES string of the molecule is Cc1ccc2c(CC(C)(C)C)c3c(c(C)c2c1)-c1c2c(cc(C(C)C)cc2nc[n+]1C)O3. The van der Waals surface area contributed by atoms with Gasteiger partial charge in [0.05, 0.1) is 12.6 Å². The van der Waals surface area contributed by atoms with Crippen molar-refractivity contribution in [1.29, 1.82) is 0 Å². The number of fused-ring (bicyclic) bond motifs is 3. The lowest BCUT2D eigenvalue weighted by Crippen LogP contribution is -2.33. The summed E-state index contributed by atoms with van der Waals surface area (Å²) >= 11 is 0. The van der Waals surface area contributed by atoms with Gasteiger partial charge in [0.1, 0.15) is 16.9 Å². The number of hydrogen-bond donors (Lipinski definition) is 0. The molecular formula is C29H33N2O+. The Morgan fingerprint density at radius 3 is 2.47 bits per heavy atom. The molecule has 0 atom stereocenters. The number of hydrogen-bond acceptors (Lipinski definition) is 2. The van der Waals surface area contributed by atoms with E-state index in [4.69, 9.17) is 9.72 Å². The van der Waals surface area contributed by atoms with Crippen LogP contribution in [-0.4, -0.2) is 4.98 Å². The lowest BCUT2D eigenvalue weighted by Gasteiger charge is -2.28. The maximum Gasteiger partial charge on any atom is 0.287 e. The normalized spacial score (nSPS) is 13.0. The molecule has 32 heavy (non-hydrogen) atoms. The van der Waals surface area contributed by atoms with E-state index in [9.17, 15) is 0 Å². The van der Waals surface area contributed by atoms with Crippen LogP contribution in [0.5, 0.6) is 11.5 Å². The zero-order valence-corrected chi connectivity index (χ0v) is 20.6. The Hall–Kier alpha value is -2.94. The van der Waals surface area contributed by atoms with Gasteiger partial charge in [-0.05, 0) is 70.6 Å². The van der Waals surface area contributed by atoms with E-state index in [2.05, 4.69) is 90.4 Å². The van der Waals surface area contributed by atoms with Gasteiger partial charge in [0.15, 0.2) is 11.2 Å². The molecule has 164 valence electrons. The maximum absolute atomic E-state index is 6.84. The molecule has 4 aromatic rings. The number of nitrogens with zero attached hydrogens (tertiary/aromatic N) is 2. The molecule has 0 spiro atoms. The van der Waals surface area contributed by atoms with Crippen LogP contribution < -0.4 is 9.30 Å². The van der Waals surface area contributed by atoms with Crippen molar-refractivity contribution < 1.29 is 9.30 Å². The first-order valence-electron chi connectivity index (χ1n) is 11.6. The lowest BCUT2D eigenvalue weighted by molar-refractivity contribution is -0.662. The molecule has 2 heterocycles. The van der Waals surface area contributed by atoms with Gasteiger partial charge in [-0.15, -0.1) is 0 Å². The van der Waals surface area contributed by atoms with E-state index < -0.39 is 0 Å². The monoisotopic (exact) mass is 425 g/mol. The van der Waals surface area contributed by atoms with Crippen molar-refractivity contribution in [1.82, 2.24) is 4.98 Å². The van der Waals surface area contributed by atoms with Crippen molar-refractivity contribution in [2.24, 2.45) is 12.5 Å². The van der Waals surface area contributed by atoms with Crippen molar-refractivity contribution in [2.45, 2.75) is 60.8 Å². The topological polar surface area (TPSA) is 26.0 Å². The van der Waals surface area contributed by atoms with Crippen molar-refractivity contribution >= 4 is 21.7 Å². The second-order valence-electron chi connectivity index (χ2n) is 11.0. The standard InChI is InChI=1S/C29H33N2O/c1-16(2)19-12-23-26-24(13-19)32-28-22(14-29(5,6)7)20-10-9-17(3)11-21(20)18(4)25(28)27(26)31(8)15-30-23/h9-13,15-16H,14H2,1-8H3/q+1. The van der Waals surface area contributed by atoms with Gasteiger partial charge in [-0.1, -0.05) is 58.4 Å². The number of aryl methyl sites for hydroxylation is 3. The number of ether oxygens (including phenoxy) is 1. The molecule has 0 bridgehead atoms. The molecule has 0 saturated heterocycles. The van der Waals surface area contributed by atoms with Crippen LogP contribution in [0.15, 0.2) is 36.7 Å². The van der Waals surface area contributed by atoms with E-state index in [1.165, 1.54) is 44.3 Å². The third-order valence-electron chi connectivity index (χ3n) is 6.67. The zero-order chi connectivity index (χ0) is 22.9. The summed E-state index contributed by atoms with van der Waals surface area (Å²) in [5, 5.41) is 3.74. The molecule has 0 aliphatic carbocycles. The van der Waals surface area contributed by atoms with E-state index in [0.29, 0.717) is 5.92 Å². The Balaban J connectivity index is 1.96. The minimum Gasteiger partial charge on any atom is -0.455 e. The molecule has 3 nitrogen and oxygen atoms in total. The highest BCUT2D eigenvalue weighted by Crippen LogP contribution is 2.51. The van der Waals surface area contributed by atoms with Gasteiger partial charge in [-0.3, -0.25) is 0 Å². The third-order valence-corrected chi connectivity index (χ3v) is 6.67. The summed E-state index contributed by atoms with van der Waals surface area (Å²) in [5.74, 6) is 2.36. The molecule has 0 saturated carbocycles. The van der Waals surface area contributed by atoms with Crippen molar-refractivity contribution in [3.05, 3.63) is 58.9 Å². The van der Waals surface area contributed by atoms with Crippen molar-refractivity contribution in [3.8, 4) is 22.8 Å². The number of rotatable bonds is 2. The number of aromatic nitrogens is 2. The molecule has 1 aliphatic rings. The molecule has 0 N–H and O–H groups in total. The molecule has 3 aromatic carbocycles. The summed E-state index contributed by atoms with van der Waals surface area (Å²) < 4.78 is 9.00. The Labute approximate surface area is 191 Å². The molecule has 0 fully saturated rings. The van der Waals surface area contributed by atoms with E-state index in [1.54, 1.807) is 0 Å². The minimum absolute atomic E-state index is 0.139. The fourth-order valence-electron chi connectivity index (χ4n) is 5.08. The molecular weight excluding hydrogens is 392 g/mol. The van der Waals surface area contributed by atoms with Gasteiger partial charge in [-0.2, -0.15) is 0 Å². The summed E-state index contributed by atoms with van der Waals surface area (Å²) in [6.07, 6.45) is 2.90. The molecule has 0 unspecified atom stereocenters. The quantitative estimate of drug-likeness (QED) is 0.277. The van der Waals surface area contributed by atoms with Gasteiger partial charge < -0.3 is 4.74 Å². The predicted octanol–water partition coefficient (Wildman–Crippen LogP) is 7.31. The average Bonchev–Trinajstić information content (AvgIpc) is 2.72. The van der Waals surface area contributed by atoms with Crippen LogP contribution >= 0.6 is 0 Å². The van der Waals surface area contributed by atoms with Gasteiger partial charge in [0.2, 0.25) is 0 Å². The van der Waals surface area contributed by atoms with Crippen LogP contribution in [0.4, 0.5) is 0 Å². The Kier molecular flexibility index (Phi) is 4.60. The summed E-state index contributed by atoms with van der Waals surface area (Å²) in [6.45, 7) is 15.8. The van der Waals surface area contributed by atoms with Crippen LogP contribution in [-0.2, 0) is 13.5 Å². The Bertz CT molecular complexity index is 1410. The van der Waals surface area contributed by atoms with Crippen LogP contribution in [0, 0.1) is 19.3 Å². The lowest BCUT2D eigenvalue weighted by atomic mass is 9.81. The molecule has 1 aromatic heterocycles. The fraction of sp³-hybridized carbons (Fsp3) is 0.379. The van der Waals surface area contributed by atoms with Gasteiger partial charge in [0, 0.05) is 5.56 Å². The summed E-state index contributed by atoms with van der Waals surface area (Å²) in [5.41, 5.74) is 8.68. The first kappa shape index (κ1) is 20.9. The van der Waals surface area contributed by atoms with Crippen molar-refractivity contribution in [2.75, 3.05) is 0 Å². The number of benzene rings is 3. The highest BCUT2D eigenvalue weighted by molar-refractivity contribution is 6.06. The van der Waals surface area contributed by atoms with Crippen LogP contribution in [0.2, 0.25) is 0 Å². The molecule has 5 rings (SSSR count). The first-order chi connectivity index (χ1) is 15.0. The van der Waals surface area contributed by atoms with Crippen LogP contribution in [0.3, 0.4) is 0 Å². The smallest absolute Gasteiger partial charge is 0.287 e. The van der Waals surface area contributed by atoms with Gasteiger partial charge in [0.25, 0.3) is 6.33 Å². The van der Waals surface area contributed by atoms with Crippen LogP contribution in [0.1, 0.15) is 62.8 Å². The molecule has 1 aliphatic heterocycles. The van der Waals surface area contributed by atoms with E-state index in [1.807, 2.05) is 6.33 Å². The minimum atomic E-state index is 0.139.